The molecule has 1 nitrogen and oxygen atoms in total. The Bertz CT molecular complexity index is 184. The molecule has 1 heterocycles. The minimum atomic E-state index is 0.829. The minimum Gasteiger partial charge on any atom is -0.313 e. The zero-order chi connectivity index (χ0) is 11.2. The number of nitrogens with one attached hydrogen (secondary N) is 1. The van der Waals surface area contributed by atoms with Gasteiger partial charge in [-0.15, -0.1) is 0 Å². The number of rotatable bonds is 4. The number of hydrogen-bond acceptors (Lipinski definition) is 3. The Labute approximate surface area is 109 Å². The molecule has 1 N–H and O–H groups in total. The molecule has 0 aromatic carbocycles. The molecule has 3 heteroatoms. The molecule has 0 bridgehead atoms. The van der Waals surface area contributed by atoms with Crippen LogP contribution < -0.4 is 5.32 Å². The van der Waals surface area contributed by atoms with Crippen molar-refractivity contribution in [1.82, 2.24) is 5.32 Å². The predicted molar refractivity (Wildman–Crippen MR) is 77.6 cm³/mol. The number of thioether (sulfide) groups is 2. The Morgan fingerprint density at radius 3 is 2.56 bits per heavy atom. The highest BCUT2D eigenvalue weighted by Crippen LogP contribution is 2.27. The van der Waals surface area contributed by atoms with Crippen LogP contribution in [0.4, 0.5) is 0 Å². The molecule has 2 rings (SSSR count). The third kappa shape index (κ3) is 4.15. The average molecular weight is 259 g/mol. The monoisotopic (exact) mass is 259 g/mol. The van der Waals surface area contributed by atoms with Gasteiger partial charge < -0.3 is 5.32 Å². The molecule has 2 fully saturated rings. The van der Waals surface area contributed by atoms with E-state index in [0.29, 0.717) is 0 Å². The van der Waals surface area contributed by atoms with Crippen molar-refractivity contribution in [3.8, 4) is 0 Å². The van der Waals surface area contributed by atoms with E-state index in [1.54, 1.807) is 0 Å². The van der Waals surface area contributed by atoms with Gasteiger partial charge in [0.2, 0.25) is 0 Å². The Morgan fingerprint density at radius 1 is 1.12 bits per heavy atom. The summed E-state index contributed by atoms with van der Waals surface area (Å²) in [5.41, 5.74) is 0. The van der Waals surface area contributed by atoms with Crippen LogP contribution in [-0.2, 0) is 0 Å². The normalized spacial score (nSPS) is 36.2. The van der Waals surface area contributed by atoms with E-state index >= 15 is 0 Å². The lowest BCUT2D eigenvalue weighted by Crippen LogP contribution is -2.38. The summed E-state index contributed by atoms with van der Waals surface area (Å²) < 4.78 is 0. The Balaban J connectivity index is 1.59. The van der Waals surface area contributed by atoms with Crippen LogP contribution in [0.15, 0.2) is 0 Å². The first kappa shape index (κ1) is 13.1. The zero-order valence-corrected chi connectivity index (χ0v) is 12.0. The second kappa shape index (κ2) is 7.17. The highest BCUT2D eigenvalue weighted by molar-refractivity contribution is 8.06. The summed E-state index contributed by atoms with van der Waals surface area (Å²) in [5, 5.41) is 4.68. The van der Waals surface area contributed by atoms with Gasteiger partial charge in [-0.05, 0) is 31.6 Å². The largest absolute Gasteiger partial charge is 0.313 e. The van der Waals surface area contributed by atoms with Crippen LogP contribution in [0.1, 0.15) is 39.0 Å². The first-order valence-electron chi connectivity index (χ1n) is 6.81. The topological polar surface area (TPSA) is 12.0 Å². The molecular formula is C13H25NS2. The predicted octanol–water partition coefficient (Wildman–Crippen LogP) is 3.39. The summed E-state index contributed by atoms with van der Waals surface area (Å²) in [6.07, 6.45) is 7.15. The lowest BCUT2D eigenvalue weighted by atomic mass is 9.84. The molecular weight excluding hydrogens is 234 g/mol. The van der Waals surface area contributed by atoms with Gasteiger partial charge in [0, 0.05) is 35.1 Å². The summed E-state index contributed by atoms with van der Waals surface area (Å²) in [6.45, 7) is 3.59. The van der Waals surface area contributed by atoms with Crippen molar-refractivity contribution >= 4 is 23.5 Å². The maximum absolute atomic E-state index is 3.80. The van der Waals surface area contributed by atoms with Gasteiger partial charge in [0.05, 0.1) is 0 Å². The van der Waals surface area contributed by atoms with Crippen LogP contribution in [0.5, 0.6) is 0 Å². The van der Waals surface area contributed by atoms with E-state index < -0.39 is 0 Å². The Hall–Kier alpha value is 0.660. The summed E-state index contributed by atoms with van der Waals surface area (Å²) in [5.74, 6) is 5.11. The van der Waals surface area contributed by atoms with E-state index in [0.717, 1.165) is 17.2 Å². The third-order valence-electron chi connectivity index (χ3n) is 3.94. The molecule has 16 heavy (non-hydrogen) atoms. The molecule has 0 spiro atoms. The van der Waals surface area contributed by atoms with Gasteiger partial charge >= 0.3 is 0 Å². The quantitative estimate of drug-likeness (QED) is 0.831. The molecule has 1 saturated carbocycles. The van der Waals surface area contributed by atoms with Crippen molar-refractivity contribution < 1.29 is 0 Å². The van der Waals surface area contributed by atoms with Crippen molar-refractivity contribution in [3.05, 3.63) is 0 Å². The van der Waals surface area contributed by atoms with Gasteiger partial charge in [0.25, 0.3) is 0 Å². The smallest absolute Gasteiger partial charge is 0.0263 e. The van der Waals surface area contributed by atoms with Gasteiger partial charge in [-0.3, -0.25) is 0 Å². The molecule has 0 aromatic rings. The Kier molecular flexibility index (Phi) is 5.87. The summed E-state index contributed by atoms with van der Waals surface area (Å²) in [7, 11) is 0. The summed E-state index contributed by atoms with van der Waals surface area (Å²) in [4.78, 5) is 0. The van der Waals surface area contributed by atoms with Crippen molar-refractivity contribution in [2.45, 2.75) is 50.3 Å². The zero-order valence-electron chi connectivity index (χ0n) is 10.4. The molecule has 1 aliphatic carbocycles. The SMILES string of the molecule is CCC1CCC(NCC2CSCCS2)CC1. The van der Waals surface area contributed by atoms with Crippen LogP contribution in [-0.4, -0.2) is 35.1 Å². The summed E-state index contributed by atoms with van der Waals surface area (Å²) in [6, 6.07) is 0.829. The van der Waals surface area contributed by atoms with Gasteiger partial charge in [0.1, 0.15) is 0 Å². The first-order valence-corrected chi connectivity index (χ1v) is 9.01. The maximum atomic E-state index is 3.80. The van der Waals surface area contributed by atoms with Gasteiger partial charge in [0.15, 0.2) is 0 Å². The van der Waals surface area contributed by atoms with E-state index in [-0.39, 0.29) is 0 Å². The van der Waals surface area contributed by atoms with E-state index in [9.17, 15) is 0 Å². The summed E-state index contributed by atoms with van der Waals surface area (Å²) >= 11 is 4.31. The molecule has 1 saturated heterocycles. The first-order chi connectivity index (χ1) is 7.88. The van der Waals surface area contributed by atoms with Crippen LogP contribution >= 0.6 is 23.5 Å². The lowest BCUT2D eigenvalue weighted by molar-refractivity contribution is 0.287. The minimum absolute atomic E-state index is 0.829. The molecule has 1 aliphatic heterocycles. The third-order valence-corrected chi connectivity index (χ3v) is 6.79. The second-order valence-corrected chi connectivity index (χ2v) is 7.66. The van der Waals surface area contributed by atoms with Gasteiger partial charge in [-0.2, -0.15) is 23.5 Å². The second-order valence-electron chi connectivity index (χ2n) is 5.10. The fraction of sp³-hybridized carbons (Fsp3) is 1.00. The van der Waals surface area contributed by atoms with Crippen LogP contribution in [0.3, 0.4) is 0 Å². The molecule has 0 amide bonds. The number of hydrogen-bond donors (Lipinski definition) is 1. The van der Waals surface area contributed by atoms with Gasteiger partial charge in [-0.1, -0.05) is 13.3 Å². The Morgan fingerprint density at radius 2 is 1.94 bits per heavy atom. The maximum Gasteiger partial charge on any atom is 0.0263 e. The average Bonchev–Trinajstić information content (AvgIpc) is 2.38. The lowest BCUT2D eigenvalue weighted by Gasteiger charge is -2.30. The van der Waals surface area contributed by atoms with E-state index in [2.05, 4.69) is 35.8 Å². The van der Waals surface area contributed by atoms with Crippen molar-refractivity contribution in [2.75, 3.05) is 23.8 Å². The standard InChI is InChI=1S/C13H25NS2/c1-2-11-3-5-12(6-4-11)14-9-13-10-15-7-8-16-13/h11-14H,2-10H2,1H3. The van der Waals surface area contributed by atoms with E-state index in [4.69, 9.17) is 0 Å². The van der Waals surface area contributed by atoms with Gasteiger partial charge in [-0.25, -0.2) is 0 Å². The van der Waals surface area contributed by atoms with Crippen molar-refractivity contribution in [3.63, 3.8) is 0 Å². The highest BCUT2D eigenvalue weighted by atomic mass is 32.2. The molecule has 1 atom stereocenters. The molecule has 2 aliphatic rings. The van der Waals surface area contributed by atoms with Crippen molar-refractivity contribution in [2.24, 2.45) is 5.92 Å². The van der Waals surface area contributed by atoms with Crippen LogP contribution in [0.2, 0.25) is 0 Å². The molecule has 0 radical (unpaired) electrons. The molecule has 94 valence electrons. The molecule has 0 aromatic heterocycles. The molecule has 1 unspecified atom stereocenters. The van der Waals surface area contributed by atoms with E-state index in [1.165, 1.54) is 55.9 Å². The van der Waals surface area contributed by atoms with Crippen LogP contribution in [0.25, 0.3) is 0 Å². The van der Waals surface area contributed by atoms with Crippen LogP contribution in [0, 0.1) is 5.92 Å². The fourth-order valence-corrected chi connectivity index (χ4v) is 5.35. The highest BCUT2D eigenvalue weighted by Gasteiger charge is 2.21. The fourth-order valence-electron chi connectivity index (χ4n) is 2.73. The van der Waals surface area contributed by atoms with Crippen molar-refractivity contribution in [1.29, 1.82) is 0 Å². The van der Waals surface area contributed by atoms with E-state index in [1.807, 2.05) is 0 Å².